The van der Waals surface area contributed by atoms with Gasteiger partial charge in [0.25, 0.3) is 0 Å². The minimum Gasteiger partial charge on any atom is -0.497 e. The van der Waals surface area contributed by atoms with Gasteiger partial charge in [-0.15, -0.1) is 0 Å². The molecule has 1 spiro atoms. The van der Waals surface area contributed by atoms with Crippen LogP contribution in [0.4, 0.5) is 0 Å². The molecule has 0 aromatic heterocycles. The average Bonchev–Trinajstić information content (AvgIpc) is 2.63. The average molecular weight is 234 g/mol. The van der Waals surface area contributed by atoms with Gasteiger partial charge in [-0.1, -0.05) is 0 Å². The van der Waals surface area contributed by atoms with Gasteiger partial charge in [-0.05, 0) is 24.6 Å². The number of amidine groups is 1. The van der Waals surface area contributed by atoms with Crippen molar-refractivity contribution in [2.45, 2.75) is 18.6 Å². The van der Waals surface area contributed by atoms with Crippen LogP contribution in [0.1, 0.15) is 24.0 Å². The fraction of sp³-hybridized carbons (Fsp3) is 0.417. The Labute approximate surface area is 99.1 Å². The van der Waals surface area contributed by atoms with E-state index in [0.29, 0.717) is 12.4 Å². The lowest BCUT2D eigenvalue weighted by Crippen LogP contribution is -2.44. The largest absolute Gasteiger partial charge is 0.497 e. The van der Waals surface area contributed by atoms with Gasteiger partial charge in [-0.3, -0.25) is 5.41 Å². The van der Waals surface area contributed by atoms with Crippen LogP contribution < -0.4 is 10.1 Å². The fourth-order valence-electron chi connectivity index (χ4n) is 2.37. The minimum absolute atomic E-state index is 0.351. The maximum Gasteiger partial charge on any atom is 0.200 e. The Balaban J connectivity index is 2.07. The van der Waals surface area contributed by atoms with Crippen molar-refractivity contribution in [3.05, 3.63) is 29.3 Å². The lowest BCUT2D eigenvalue weighted by molar-refractivity contribution is -0.393. The zero-order chi connectivity index (χ0) is 11.9. The van der Waals surface area contributed by atoms with E-state index in [1.807, 2.05) is 18.2 Å². The molecule has 90 valence electrons. The first kappa shape index (κ1) is 10.6. The van der Waals surface area contributed by atoms with Gasteiger partial charge < -0.3 is 10.1 Å². The van der Waals surface area contributed by atoms with Gasteiger partial charge in [-0.25, -0.2) is 9.78 Å². The first-order valence-electron chi connectivity index (χ1n) is 5.61. The van der Waals surface area contributed by atoms with Crippen LogP contribution >= 0.6 is 0 Å². The molecule has 1 aromatic carbocycles. The van der Waals surface area contributed by atoms with E-state index in [4.69, 9.17) is 19.9 Å². The molecule has 17 heavy (non-hydrogen) atoms. The molecule has 0 aliphatic carbocycles. The summed E-state index contributed by atoms with van der Waals surface area (Å²) in [4.78, 5) is 10.5. The summed E-state index contributed by atoms with van der Waals surface area (Å²) in [6, 6.07) is 5.65. The van der Waals surface area contributed by atoms with E-state index in [1.54, 1.807) is 7.11 Å². The number of fused-ring (bicyclic) bond motifs is 2. The van der Waals surface area contributed by atoms with E-state index in [1.165, 1.54) is 0 Å². The molecule has 5 nitrogen and oxygen atoms in total. The van der Waals surface area contributed by atoms with Gasteiger partial charge in [0.15, 0.2) is 0 Å². The number of ether oxygens (including phenoxy) is 1. The predicted octanol–water partition coefficient (Wildman–Crippen LogP) is 1.52. The quantitative estimate of drug-likeness (QED) is 0.723. The van der Waals surface area contributed by atoms with Crippen LogP contribution in [0.5, 0.6) is 5.75 Å². The molecule has 1 aromatic rings. The summed E-state index contributed by atoms with van der Waals surface area (Å²) in [6.07, 6.45) is 1.71. The highest BCUT2D eigenvalue weighted by Crippen LogP contribution is 2.39. The number of hydrogen-bond donors (Lipinski definition) is 2. The second-order valence-corrected chi connectivity index (χ2v) is 4.25. The second kappa shape index (κ2) is 3.72. The standard InChI is InChI=1S/C12H14N2O3/c1-15-8-3-4-10-9(7-8)11(13)14-12(10)5-2-6-16-17-12/h3-4,7H,2,5-6H2,1H3,(H2,13,14). The zero-order valence-electron chi connectivity index (χ0n) is 9.58. The molecular formula is C12H14N2O3. The van der Waals surface area contributed by atoms with Gasteiger partial charge in [0.1, 0.15) is 11.6 Å². The van der Waals surface area contributed by atoms with Crippen LogP contribution in [0.25, 0.3) is 0 Å². The lowest BCUT2D eigenvalue weighted by Gasteiger charge is -2.32. The minimum atomic E-state index is -0.684. The number of nitrogens with one attached hydrogen (secondary N) is 2. The summed E-state index contributed by atoms with van der Waals surface area (Å²) in [5, 5.41) is 11.0. The van der Waals surface area contributed by atoms with E-state index >= 15 is 0 Å². The van der Waals surface area contributed by atoms with E-state index in [-0.39, 0.29) is 0 Å². The van der Waals surface area contributed by atoms with Gasteiger partial charge in [0.05, 0.1) is 13.7 Å². The molecule has 0 radical (unpaired) electrons. The van der Waals surface area contributed by atoms with Crippen molar-refractivity contribution in [3.8, 4) is 5.75 Å². The van der Waals surface area contributed by atoms with Crippen LogP contribution in [0.3, 0.4) is 0 Å². The number of hydrogen-bond acceptors (Lipinski definition) is 4. The third kappa shape index (κ3) is 1.50. The van der Waals surface area contributed by atoms with Gasteiger partial charge >= 0.3 is 0 Å². The topological polar surface area (TPSA) is 63.6 Å². The summed E-state index contributed by atoms with van der Waals surface area (Å²) in [7, 11) is 1.61. The Morgan fingerprint density at radius 1 is 1.47 bits per heavy atom. The Kier molecular flexibility index (Phi) is 2.31. The second-order valence-electron chi connectivity index (χ2n) is 4.25. The highest BCUT2D eigenvalue weighted by atomic mass is 17.2. The summed E-state index contributed by atoms with van der Waals surface area (Å²) in [5.41, 5.74) is 1.08. The monoisotopic (exact) mass is 234 g/mol. The Bertz CT molecular complexity index is 467. The van der Waals surface area contributed by atoms with E-state index in [0.717, 1.165) is 29.7 Å². The Hall–Kier alpha value is -1.59. The fourth-order valence-corrected chi connectivity index (χ4v) is 2.37. The maximum absolute atomic E-state index is 7.96. The molecule has 1 saturated heterocycles. The van der Waals surface area contributed by atoms with Crippen molar-refractivity contribution in [2.24, 2.45) is 0 Å². The third-order valence-corrected chi connectivity index (χ3v) is 3.22. The Morgan fingerprint density at radius 3 is 3.06 bits per heavy atom. The van der Waals surface area contributed by atoms with Crippen molar-refractivity contribution in [3.63, 3.8) is 0 Å². The highest BCUT2D eigenvalue weighted by Gasteiger charge is 2.45. The van der Waals surface area contributed by atoms with Crippen LogP contribution in [0, 0.1) is 5.41 Å². The number of methoxy groups -OCH3 is 1. The molecule has 0 amide bonds. The SMILES string of the molecule is COc1ccc2c(c1)C(=N)NC21CCCOO1. The smallest absolute Gasteiger partial charge is 0.200 e. The van der Waals surface area contributed by atoms with Crippen molar-refractivity contribution >= 4 is 5.84 Å². The third-order valence-electron chi connectivity index (χ3n) is 3.22. The van der Waals surface area contributed by atoms with Crippen LogP contribution in [0.2, 0.25) is 0 Å². The van der Waals surface area contributed by atoms with Crippen molar-refractivity contribution < 1.29 is 14.5 Å². The summed E-state index contributed by atoms with van der Waals surface area (Å²) < 4.78 is 5.17. The lowest BCUT2D eigenvalue weighted by atomic mass is 9.97. The normalized spacial score (nSPS) is 26.8. The summed E-state index contributed by atoms with van der Waals surface area (Å²) in [5.74, 6) is 1.09. The summed E-state index contributed by atoms with van der Waals surface area (Å²) >= 11 is 0. The first-order valence-corrected chi connectivity index (χ1v) is 5.61. The number of rotatable bonds is 1. The predicted molar refractivity (Wildman–Crippen MR) is 60.9 cm³/mol. The molecular weight excluding hydrogens is 220 g/mol. The first-order chi connectivity index (χ1) is 8.25. The van der Waals surface area contributed by atoms with E-state index < -0.39 is 5.72 Å². The Morgan fingerprint density at radius 2 is 2.35 bits per heavy atom. The highest BCUT2D eigenvalue weighted by molar-refractivity contribution is 6.01. The van der Waals surface area contributed by atoms with Crippen LogP contribution in [-0.2, 0) is 15.5 Å². The zero-order valence-corrected chi connectivity index (χ0v) is 9.58. The molecule has 2 N–H and O–H groups in total. The molecule has 2 aliphatic rings. The summed E-state index contributed by atoms with van der Waals surface area (Å²) in [6.45, 7) is 0.599. The van der Waals surface area contributed by atoms with E-state index in [2.05, 4.69) is 5.32 Å². The van der Waals surface area contributed by atoms with Crippen LogP contribution in [-0.4, -0.2) is 19.6 Å². The molecule has 1 fully saturated rings. The molecule has 1 unspecified atom stereocenters. The number of benzene rings is 1. The van der Waals surface area contributed by atoms with Gasteiger partial charge in [-0.2, -0.15) is 0 Å². The van der Waals surface area contributed by atoms with Crippen molar-refractivity contribution in [1.29, 1.82) is 5.41 Å². The van der Waals surface area contributed by atoms with Crippen molar-refractivity contribution in [1.82, 2.24) is 5.32 Å². The van der Waals surface area contributed by atoms with Gasteiger partial charge in [0, 0.05) is 17.5 Å². The van der Waals surface area contributed by atoms with E-state index in [9.17, 15) is 0 Å². The maximum atomic E-state index is 7.96. The van der Waals surface area contributed by atoms with Crippen LogP contribution in [0.15, 0.2) is 18.2 Å². The molecule has 2 aliphatic heterocycles. The van der Waals surface area contributed by atoms with Gasteiger partial charge in [0.2, 0.25) is 5.72 Å². The van der Waals surface area contributed by atoms with Crippen molar-refractivity contribution in [2.75, 3.05) is 13.7 Å². The molecule has 5 heteroatoms. The molecule has 1 atom stereocenters. The molecule has 2 heterocycles. The molecule has 3 rings (SSSR count). The molecule has 0 saturated carbocycles. The molecule has 0 bridgehead atoms.